The lowest BCUT2D eigenvalue weighted by molar-refractivity contribution is -0.167. The lowest BCUT2D eigenvalue weighted by atomic mass is 10.0. The van der Waals surface area contributed by atoms with Crippen molar-refractivity contribution in [3.8, 4) is 0 Å². The second kappa shape index (κ2) is 71.1. The molecule has 0 aromatic heterocycles. The highest BCUT2D eigenvalue weighted by atomic mass is 16.6. The van der Waals surface area contributed by atoms with Gasteiger partial charge in [0.15, 0.2) is 6.10 Å². The van der Waals surface area contributed by atoms with Crippen molar-refractivity contribution in [3.05, 3.63) is 36.5 Å². The fourth-order valence-corrected chi connectivity index (χ4v) is 11.3. The standard InChI is InChI=1S/C76H142O6/c1-4-7-10-13-16-19-22-25-28-30-32-33-34-35-36-37-38-39-40-41-42-43-44-45-47-48-51-54-57-60-63-66-69-75(78)81-72-73(71-80-74(77)68-65-62-59-56-53-50-27-24-21-18-15-12-9-6-3)82-76(79)70-67-64-61-58-55-52-49-46-31-29-26-23-20-17-14-11-8-5-2/h20,23-24,27,29,31,73H,4-19,21-22,25-26,28,30,32-72H2,1-3H3/b23-20-,27-24-,31-29-. The summed E-state index contributed by atoms with van der Waals surface area (Å²) in [6.45, 7) is 6.67. The van der Waals surface area contributed by atoms with Crippen LogP contribution in [0.2, 0.25) is 0 Å². The molecule has 0 fully saturated rings. The molecular weight excluding hydrogens is 1010 g/mol. The minimum atomic E-state index is -0.779. The van der Waals surface area contributed by atoms with Crippen LogP contribution in [0, 0.1) is 0 Å². The van der Waals surface area contributed by atoms with Crippen LogP contribution in [0.25, 0.3) is 0 Å². The molecule has 0 aliphatic carbocycles. The van der Waals surface area contributed by atoms with Gasteiger partial charge in [0.25, 0.3) is 0 Å². The third-order valence-corrected chi connectivity index (χ3v) is 16.9. The van der Waals surface area contributed by atoms with Gasteiger partial charge in [-0.05, 0) is 77.0 Å². The molecule has 0 spiro atoms. The molecule has 6 heteroatoms. The Morgan fingerprint density at radius 2 is 0.439 bits per heavy atom. The van der Waals surface area contributed by atoms with E-state index in [1.807, 2.05) is 0 Å². The quantitative estimate of drug-likeness (QED) is 0.0261. The summed E-state index contributed by atoms with van der Waals surface area (Å²) < 4.78 is 17.0. The summed E-state index contributed by atoms with van der Waals surface area (Å²) in [5.74, 6) is -0.863. The van der Waals surface area contributed by atoms with Crippen LogP contribution in [-0.4, -0.2) is 37.2 Å². The number of ether oxygens (including phenoxy) is 3. The first-order chi connectivity index (χ1) is 40.5. The van der Waals surface area contributed by atoms with Crippen molar-refractivity contribution >= 4 is 17.9 Å². The average molecular weight is 1150 g/mol. The molecule has 82 heavy (non-hydrogen) atoms. The van der Waals surface area contributed by atoms with E-state index in [-0.39, 0.29) is 31.1 Å². The van der Waals surface area contributed by atoms with Gasteiger partial charge in [0.1, 0.15) is 13.2 Å². The maximum Gasteiger partial charge on any atom is 0.306 e. The van der Waals surface area contributed by atoms with E-state index in [9.17, 15) is 14.4 Å². The Morgan fingerprint density at radius 3 is 0.695 bits per heavy atom. The Kier molecular flexibility index (Phi) is 69.1. The Balaban J connectivity index is 4.14. The Hall–Kier alpha value is -2.37. The molecule has 0 aromatic carbocycles. The maximum absolute atomic E-state index is 12.9. The number of allylic oxidation sites excluding steroid dienone is 6. The number of rotatable bonds is 69. The highest BCUT2D eigenvalue weighted by molar-refractivity contribution is 5.71. The molecule has 0 radical (unpaired) electrons. The molecule has 482 valence electrons. The van der Waals surface area contributed by atoms with Gasteiger partial charge in [-0.1, -0.05) is 353 Å². The van der Waals surface area contributed by atoms with E-state index in [0.717, 1.165) is 77.0 Å². The zero-order chi connectivity index (χ0) is 59.2. The van der Waals surface area contributed by atoms with E-state index < -0.39 is 6.10 Å². The summed E-state index contributed by atoms with van der Waals surface area (Å²) in [7, 11) is 0. The second-order valence-corrected chi connectivity index (χ2v) is 25.2. The van der Waals surface area contributed by atoms with E-state index >= 15 is 0 Å². The van der Waals surface area contributed by atoms with E-state index in [2.05, 4.69) is 57.2 Å². The van der Waals surface area contributed by atoms with Crippen molar-refractivity contribution in [2.45, 2.75) is 419 Å². The van der Waals surface area contributed by atoms with E-state index in [4.69, 9.17) is 14.2 Å². The van der Waals surface area contributed by atoms with Crippen molar-refractivity contribution in [1.29, 1.82) is 0 Å². The van der Waals surface area contributed by atoms with E-state index in [0.29, 0.717) is 19.3 Å². The second-order valence-electron chi connectivity index (χ2n) is 25.2. The van der Waals surface area contributed by atoms with Crippen LogP contribution in [0.4, 0.5) is 0 Å². The SMILES string of the molecule is CCCCCC/C=C\C/C=C\CCCCCCCCCC(=O)OC(COC(=O)CCCCCCC/C=C\CCCCCCC)COC(=O)CCCCCCCCCCCCCCCCCCCCCCCCCCCCCCCCCC. The zero-order valence-electron chi connectivity index (χ0n) is 55.5. The van der Waals surface area contributed by atoms with E-state index in [1.165, 1.54) is 295 Å². The molecule has 0 saturated carbocycles. The van der Waals surface area contributed by atoms with Gasteiger partial charge in [-0.2, -0.15) is 0 Å². The fourth-order valence-electron chi connectivity index (χ4n) is 11.3. The summed E-state index contributed by atoms with van der Waals surface area (Å²) in [5.41, 5.74) is 0. The number of carbonyl (C=O) groups excluding carboxylic acids is 3. The number of hydrogen-bond acceptors (Lipinski definition) is 6. The van der Waals surface area contributed by atoms with Gasteiger partial charge in [-0.3, -0.25) is 14.4 Å². The highest BCUT2D eigenvalue weighted by Crippen LogP contribution is 2.19. The molecule has 0 aliphatic heterocycles. The van der Waals surface area contributed by atoms with Crippen molar-refractivity contribution < 1.29 is 28.6 Å². The summed E-state index contributed by atoms with van der Waals surface area (Å²) in [6.07, 6.45) is 89.1. The Bertz CT molecular complexity index is 1370. The van der Waals surface area contributed by atoms with Crippen molar-refractivity contribution in [1.82, 2.24) is 0 Å². The van der Waals surface area contributed by atoms with Gasteiger partial charge >= 0.3 is 17.9 Å². The molecule has 1 atom stereocenters. The Morgan fingerprint density at radius 1 is 0.244 bits per heavy atom. The van der Waals surface area contributed by atoms with Crippen LogP contribution in [0.1, 0.15) is 412 Å². The van der Waals surface area contributed by atoms with Crippen LogP contribution in [0.15, 0.2) is 36.5 Å². The van der Waals surface area contributed by atoms with Crippen LogP contribution >= 0.6 is 0 Å². The topological polar surface area (TPSA) is 78.9 Å². The first kappa shape index (κ1) is 79.6. The number of unbranched alkanes of at least 4 members (excludes halogenated alkanes) is 52. The lowest BCUT2D eigenvalue weighted by Gasteiger charge is -2.18. The minimum Gasteiger partial charge on any atom is -0.462 e. The van der Waals surface area contributed by atoms with Crippen molar-refractivity contribution in [3.63, 3.8) is 0 Å². The van der Waals surface area contributed by atoms with E-state index in [1.54, 1.807) is 0 Å². The van der Waals surface area contributed by atoms with Crippen LogP contribution < -0.4 is 0 Å². The van der Waals surface area contributed by atoms with Crippen LogP contribution in [-0.2, 0) is 28.6 Å². The van der Waals surface area contributed by atoms with Crippen molar-refractivity contribution in [2.24, 2.45) is 0 Å². The minimum absolute atomic E-state index is 0.0736. The van der Waals surface area contributed by atoms with Gasteiger partial charge in [0.05, 0.1) is 0 Å². The highest BCUT2D eigenvalue weighted by Gasteiger charge is 2.19. The molecule has 1 unspecified atom stereocenters. The molecule has 0 rings (SSSR count). The molecule has 6 nitrogen and oxygen atoms in total. The van der Waals surface area contributed by atoms with Gasteiger partial charge in [-0.15, -0.1) is 0 Å². The number of carbonyl (C=O) groups is 3. The summed E-state index contributed by atoms with van der Waals surface area (Å²) in [4.78, 5) is 38.4. The smallest absolute Gasteiger partial charge is 0.306 e. The van der Waals surface area contributed by atoms with Crippen molar-refractivity contribution in [2.75, 3.05) is 13.2 Å². The predicted octanol–water partition coefficient (Wildman–Crippen LogP) is 25.5. The molecule has 0 N–H and O–H groups in total. The monoisotopic (exact) mass is 1150 g/mol. The molecule has 0 saturated heterocycles. The maximum atomic E-state index is 12.9. The fraction of sp³-hybridized carbons (Fsp3) is 0.882. The first-order valence-corrected chi connectivity index (χ1v) is 37.0. The molecule has 0 aliphatic rings. The van der Waals surface area contributed by atoms with Crippen LogP contribution in [0.3, 0.4) is 0 Å². The molecular formula is C76H142O6. The van der Waals surface area contributed by atoms with Gasteiger partial charge < -0.3 is 14.2 Å². The van der Waals surface area contributed by atoms with Gasteiger partial charge in [0.2, 0.25) is 0 Å². The zero-order valence-corrected chi connectivity index (χ0v) is 55.5. The summed E-state index contributed by atoms with van der Waals surface area (Å²) >= 11 is 0. The first-order valence-electron chi connectivity index (χ1n) is 37.0. The third-order valence-electron chi connectivity index (χ3n) is 16.9. The molecule has 0 amide bonds. The lowest BCUT2D eigenvalue weighted by Crippen LogP contribution is -2.30. The number of esters is 3. The third kappa shape index (κ3) is 68.4. The van der Waals surface area contributed by atoms with Crippen LogP contribution in [0.5, 0.6) is 0 Å². The summed E-state index contributed by atoms with van der Waals surface area (Å²) in [5, 5.41) is 0. The molecule has 0 bridgehead atoms. The largest absolute Gasteiger partial charge is 0.462 e. The normalized spacial score (nSPS) is 12.2. The molecule has 0 heterocycles. The Labute approximate surface area is 512 Å². The number of hydrogen-bond donors (Lipinski definition) is 0. The summed E-state index contributed by atoms with van der Waals surface area (Å²) in [6, 6.07) is 0. The average Bonchev–Trinajstić information content (AvgIpc) is 3.48. The van der Waals surface area contributed by atoms with Gasteiger partial charge in [0, 0.05) is 19.3 Å². The predicted molar refractivity (Wildman–Crippen MR) is 358 cm³/mol. The van der Waals surface area contributed by atoms with Gasteiger partial charge in [-0.25, -0.2) is 0 Å². The molecule has 0 aromatic rings.